The van der Waals surface area contributed by atoms with Crippen LogP contribution in [-0.4, -0.2) is 31.7 Å². The lowest BCUT2D eigenvalue weighted by Crippen LogP contribution is -2.41. The summed E-state index contributed by atoms with van der Waals surface area (Å²) < 4.78 is 22.9. The van der Waals surface area contributed by atoms with Crippen LogP contribution < -0.4 is 10.2 Å². The maximum Gasteiger partial charge on any atom is 0.494 e. The number of benzene rings is 1. The SMILES string of the molecule is COc1cc(B2OC(C)(C)C(C)(C)O2)cc2cc(C=O)oc12. The van der Waals surface area contributed by atoms with E-state index in [1.165, 1.54) is 0 Å². The number of carbonyl (C=O) groups excluding carboxylic acids is 1. The smallest absolute Gasteiger partial charge is 0.493 e. The normalized spacial score (nSPS) is 19.6. The van der Waals surface area contributed by atoms with E-state index in [-0.39, 0.29) is 5.76 Å². The summed E-state index contributed by atoms with van der Waals surface area (Å²) in [4.78, 5) is 10.9. The van der Waals surface area contributed by atoms with E-state index >= 15 is 0 Å². The number of furan rings is 1. The monoisotopic (exact) mass is 302 g/mol. The number of carbonyl (C=O) groups is 1. The Labute approximate surface area is 129 Å². The average molecular weight is 302 g/mol. The van der Waals surface area contributed by atoms with Gasteiger partial charge in [-0.3, -0.25) is 4.79 Å². The van der Waals surface area contributed by atoms with E-state index in [1.807, 2.05) is 39.8 Å². The fourth-order valence-corrected chi connectivity index (χ4v) is 2.49. The van der Waals surface area contributed by atoms with Gasteiger partial charge in [0.05, 0.1) is 18.3 Å². The third kappa shape index (κ3) is 2.23. The van der Waals surface area contributed by atoms with E-state index in [1.54, 1.807) is 13.2 Å². The van der Waals surface area contributed by atoms with Crippen molar-refractivity contribution in [2.24, 2.45) is 0 Å². The molecule has 2 aromatic rings. The molecule has 0 saturated carbocycles. The highest BCUT2D eigenvalue weighted by atomic mass is 16.7. The fourth-order valence-electron chi connectivity index (χ4n) is 2.49. The van der Waals surface area contributed by atoms with Crippen LogP contribution in [0.1, 0.15) is 38.2 Å². The molecule has 0 radical (unpaired) electrons. The van der Waals surface area contributed by atoms with Gasteiger partial charge in [0.1, 0.15) is 0 Å². The van der Waals surface area contributed by atoms with Crippen LogP contribution in [0.4, 0.5) is 0 Å². The molecule has 116 valence electrons. The zero-order chi connectivity index (χ0) is 16.1. The van der Waals surface area contributed by atoms with Crippen molar-refractivity contribution >= 4 is 29.8 Å². The molecule has 1 aliphatic heterocycles. The first-order valence-electron chi connectivity index (χ1n) is 7.20. The van der Waals surface area contributed by atoms with Gasteiger partial charge in [0.2, 0.25) is 0 Å². The lowest BCUT2D eigenvalue weighted by molar-refractivity contribution is 0.00578. The summed E-state index contributed by atoms with van der Waals surface area (Å²) in [6, 6.07) is 5.40. The Morgan fingerprint density at radius 1 is 1.09 bits per heavy atom. The van der Waals surface area contributed by atoms with Crippen molar-refractivity contribution in [3.63, 3.8) is 0 Å². The minimum absolute atomic E-state index is 0.263. The Bertz CT molecular complexity index is 715. The standard InChI is InChI=1S/C16H19BO5/c1-15(2)16(3,4)22-17(21-15)11-6-10-7-12(9-18)20-14(10)13(8-11)19-5/h6-9H,1-5H3. The minimum atomic E-state index is -0.488. The van der Waals surface area contributed by atoms with E-state index in [9.17, 15) is 4.79 Å². The van der Waals surface area contributed by atoms with Gasteiger partial charge < -0.3 is 18.5 Å². The molecule has 2 heterocycles. The van der Waals surface area contributed by atoms with E-state index in [2.05, 4.69) is 0 Å². The maximum absolute atomic E-state index is 10.9. The first kappa shape index (κ1) is 15.1. The number of hydrogen-bond acceptors (Lipinski definition) is 5. The number of fused-ring (bicyclic) bond motifs is 1. The van der Waals surface area contributed by atoms with Gasteiger partial charge in [-0.15, -0.1) is 0 Å². The molecule has 0 N–H and O–H groups in total. The van der Waals surface area contributed by atoms with E-state index < -0.39 is 18.3 Å². The zero-order valence-corrected chi connectivity index (χ0v) is 13.4. The lowest BCUT2D eigenvalue weighted by Gasteiger charge is -2.32. The van der Waals surface area contributed by atoms with E-state index in [0.29, 0.717) is 17.6 Å². The van der Waals surface area contributed by atoms with Crippen molar-refractivity contribution in [2.75, 3.05) is 7.11 Å². The second kappa shape index (κ2) is 4.86. The topological polar surface area (TPSA) is 57.9 Å². The summed E-state index contributed by atoms with van der Waals surface area (Å²) in [5, 5.41) is 0.783. The van der Waals surface area contributed by atoms with Crippen LogP contribution in [0.5, 0.6) is 5.75 Å². The molecular formula is C16H19BO5. The molecule has 1 fully saturated rings. The molecule has 3 rings (SSSR count). The molecule has 0 atom stereocenters. The quantitative estimate of drug-likeness (QED) is 0.644. The molecule has 1 aromatic heterocycles. The van der Waals surface area contributed by atoms with Gasteiger partial charge >= 0.3 is 7.12 Å². The molecule has 0 aliphatic carbocycles. The van der Waals surface area contributed by atoms with Crippen molar-refractivity contribution < 1.29 is 23.3 Å². The third-order valence-corrected chi connectivity index (χ3v) is 4.49. The molecule has 6 heteroatoms. The molecule has 1 saturated heterocycles. The Kier molecular flexibility index (Phi) is 3.34. The predicted octanol–water partition coefficient (Wildman–Crippen LogP) is 2.55. The van der Waals surface area contributed by atoms with Crippen molar-refractivity contribution in [2.45, 2.75) is 38.9 Å². The van der Waals surface area contributed by atoms with Gasteiger partial charge in [-0.25, -0.2) is 0 Å². The molecule has 0 unspecified atom stereocenters. The summed E-state index contributed by atoms with van der Waals surface area (Å²) >= 11 is 0. The van der Waals surface area contributed by atoms with Crippen molar-refractivity contribution in [3.8, 4) is 5.75 Å². The van der Waals surface area contributed by atoms with Gasteiger partial charge in [0, 0.05) is 5.39 Å². The maximum atomic E-state index is 10.9. The zero-order valence-electron chi connectivity index (χ0n) is 13.4. The Balaban J connectivity index is 2.07. The summed E-state index contributed by atoms with van der Waals surface area (Å²) in [6.45, 7) is 8.02. The lowest BCUT2D eigenvalue weighted by atomic mass is 9.78. The van der Waals surface area contributed by atoms with Crippen LogP contribution >= 0.6 is 0 Å². The number of ether oxygens (including phenoxy) is 1. The second-order valence-corrected chi connectivity index (χ2v) is 6.50. The Morgan fingerprint density at radius 2 is 1.73 bits per heavy atom. The minimum Gasteiger partial charge on any atom is -0.493 e. The number of hydrogen-bond donors (Lipinski definition) is 0. The molecule has 0 bridgehead atoms. The van der Waals surface area contributed by atoms with Gasteiger partial charge in [0.15, 0.2) is 23.4 Å². The Hall–Kier alpha value is -1.79. The summed E-state index contributed by atoms with van der Waals surface area (Å²) in [7, 11) is 1.07. The van der Waals surface area contributed by atoms with Gasteiger partial charge in [-0.2, -0.15) is 0 Å². The van der Waals surface area contributed by atoms with Crippen LogP contribution in [0.3, 0.4) is 0 Å². The summed E-state index contributed by atoms with van der Waals surface area (Å²) in [5.41, 5.74) is 0.556. The van der Waals surface area contributed by atoms with E-state index in [4.69, 9.17) is 18.5 Å². The van der Waals surface area contributed by atoms with Crippen LogP contribution in [0.25, 0.3) is 11.0 Å². The summed E-state index contributed by atoms with van der Waals surface area (Å²) in [6.07, 6.45) is 0.675. The first-order valence-corrected chi connectivity index (χ1v) is 7.20. The molecule has 5 nitrogen and oxygen atoms in total. The molecule has 0 spiro atoms. The predicted molar refractivity (Wildman–Crippen MR) is 83.9 cm³/mol. The number of rotatable bonds is 3. The summed E-state index contributed by atoms with van der Waals surface area (Å²) in [5.74, 6) is 0.815. The van der Waals surface area contributed by atoms with Crippen LogP contribution in [-0.2, 0) is 9.31 Å². The highest BCUT2D eigenvalue weighted by Gasteiger charge is 2.51. The third-order valence-electron chi connectivity index (χ3n) is 4.49. The first-order chi connectivity index (χ1) is 10.3. The molecule has 1 aliphatic rings. The number of aldehydes is 1. The van der Waals surface area contributed by atoms with Crippen molar-refractivity contribution in [1.82, 2.24) is 0 Å². The largest absolute Gasteiger partial charge is 0.494 e. The second-order valence-electron chi connectivity index (χ2n) is 6.50. The van der Waals surface area contributed by atoms with E-state index in [0.717, 1.165) is 10.8 Å². The van der Waals surface area contributed by atoms with Crippen LogP contribution in [0.2, 0.25) is 0 Å². The van der Waals surface area contributed by atoms with Crippen molar-refractivity contribution in [3.05, 3.63) is 24.0 Å². The highest BCUT2D eigenvalue weighted by Crippen LogP contribution is 2.37. The Morgan fingerprint density at radius 3 is 2.27 bits per heavy atom. The number of methoxy groups -OCH3 is 1. The highest BCUT2D eigenvalue weighted by molar-refractivity contribution is 6.62. The molecule has 0 amide bonds. The fraction of sp³-hybridized carbons (Fsp3) is 0.438. The molecular weight excluding hydrogens is 283 g/mol. The average Bonchev–Trinajstić information content (AvgIpc) is 2.96. The van der Waals surface area contributed by atoms with Crippen molar-refractivity contribution in [1.29, 1.82) is 0 Å². The van der Waals surface area contributed by atoms with Crippen LogP contribution in [0.15, 0.2) is 22.6 Å². The van der Waals surface area contributed by atoms with Gasteiger partial charge in [-0.05, 0) is 45.3 Å². The van der Waals surface area contributed by atoms with Crippen LogP contribution in [0, 0.1) is 0 Å². The van der Waals surface area contributed by atoms with Gasteiger partial charge in [-0.1, -0.05) is 6.07 Å². The van der Waals surface area contributed by atoms with Gasteiger partial charge in [0.25, 0.3) is 0 Å². The molecule has 1 aromatic carbocycles. The molecule has 22 heavy (non-hydrogen) atoms.